The molecular weight excluding hydrogens is 381 g/mol. The molecule has 25 heavy (non-hydrogen) atoms. The van der Waals surface area contributed by atoms with Gasteiger partial charge in [0.15, 0.2) is 0 Å². The van der Waals surface area contributed by atoms with Crippen LogP contribution in [0.4, 0.5) is 5.69 Å². The van der Waals surface area contributed by atoms with Crippen molar-refractivity contribution in [2.45, 2.75) is 18.9 Å². The number of carbonyl (C=O) groups excluding carboxylic acids is 2. The molecule has 1 unspecified atom stereocenters. The molecule has 0 aliphatic carbocycles. The van der Waals surface area contributed by atoms with E-state index in [9.17, 15) is 9.59 Å². The second-order valence-electron chi connectivity index (χ2n) is 5.92. The molecule has 0 saturated carbocycles. The Hall–Kier alpha value is -2.56. The normalized spacial score (nSPS) is 16.5. The van der Waals surface area contributed by atoms with Gasteiger partial charge in [0.2, 0.25) is 0 Å². The molecule has 0 saturated heterocycles. The van der Waals surface area contributed by atoms with Crippen LogP contribution in [0.25, 0.3) is 0 Å². The molecule has 2 aromatic rings. The van der Waals surface area contributed by atoms with E-state index in [2.05, 4.69) is 11.4 Å². The number of hydrogen-bond acceptors (Lipinski definition) is 3. The fourth-order valence-electron chi connectivity index (χ4n) is 2.72. The van der Waals surface area contributed by atoms with Crippen LogP contribution in [-0.4, -0.2) is 31.8 Å². The summed E-state index contributed by atoms with van der Waals surface area (Å²) >= 11 is -0.270. The first-order valence-electron chi connectivity index (χ1n) is 7.85. The van der Waals surface area contributed by atoms with E-state index < -0.39 is 5.91 Å². The van der Waals surface area contributed by atoms with Crippen LogP contribution < -0.4 is 16.0 Å². The molecular formula is C19H19N3O2Se. The van der Waals surface area contributed by atoms with Crippen LogP contribution in [0.1, 0.15) is 21.5 Å². The van der Waals surface area contributed by atoms with Gasteiger partial charge in [0.1, 0.15) is 0 Å². The molecule has 1 aliphatic heterocycles. The minimum absolute atomic E-state index is 0.166. The van der Waals surface area contributed by atoms with E-state index in [-0.39, 0.29) is 25.9 Å². The van der Waals surface area contributed by atoms with Gasteiger partial charge >= 0.3 is 153 Å². The average Bonchev–Trinajstić information content (AvgIpc) is 2.99. The van der Waals surface area contributed by atoms with E-state index >= 15 is 0 Å². The summed E-state index contributed by atoms with van der Waals surface area (Å²) < 4.78 is 0.560. The number of aryl methyl sites for hydroxylation is 2. The van der Waals surface area contributed by atoms with E-state index in [0.717, 1.165) is 16.8 Å². The third-order valence-corrected chi connectivity index (χ3v) is 6.15. The van der Waals surface area contributed by atoms with Crippen LogP contribution in [0.15, 0.2) is 59.2 Å². The van der Waals surface area contributed by atoms with Crippen LogP contribution in [0, 0.1) is 13.8 Å². The Balaban J connectivity index is 1.89. The van der Waals surface area contributed by atoms with E-state index in [1.54, 1.807) is 18.3 Å². The predicted octanol–water partition coefficient (Wildman–Crippen LogP) is 1.87. The molecule has 3 rings (SSSR count). The summed E-state index contributed by atoms with van der Waals surface area (Å²) in [5.74, 6) is -0.605. The fourth-order valence-corrected chi connectivity index (χ4v) is 4.80. The molecule has 0 radical (unpaired) electrons. The topological polar surface area (TPSA) is 75.4 Å². The summed E-state index contributed by atoms with van der Waals surface area (Å²) in [5, 5.41) is 2.73. The van der Waals surface area contributed by atoms with Crippen molar-refractivity contribution < 1.29 is 9.59 Å². The van der Waals surface area contributed by atoms with Crippen molar-refractivity contribution >= 4 is 32.5 Å². The third kappa shape index (κ3) is 3.92. The first kappa shape index (κ1) is 17.3. The number of carbonyl (C=O) groups is 2. The molecule has 0 bridgehead atoms. The number of amides is 2. The van der Waals surface area contributed by atoms with Crippen LogP contribution in [0.3, 0.4) is 0 Å². The number of anilines is 1. The summed E-state index contributed by atoms with van der Waals surface area (Å²) in [6.07, 6.45) is 1.76. The maximum absolute atomic E-state index is 12.5. The monoisotopic (exact) mass is 401 g/mol. The standard InChI is InChI=1S/C19H19N3O2Se/c1-12-8-13(2)10-15(9-12)22-11-16(17(20)23)25-19(22)21-18(24)14-6-4-3-5-7-14/h3-11,19H,1-2H3,(H2,20,23)(H,21,24). The second kappa shape index (κ2) is 7.13. The minimum atomic E-state index is -0.439. The van der Waals surface area contributed by atoms with Crippen molar-refractivity contribution in [1.82, 2.24) is 5.32 Å². The van der Waals surface area contributed by atoms with Gasteiger partial charge in [-0.3, -0.25) is 0 Å². The molecule has 0 fully saturated rings. The Kier molecular flexibility index (Phi) is 4.93. The summed E-state index contributed by atoms with van der Waals surface area (Å²) in [4.78, 5) is 26.1. The van der Waals surface area contributed by atoms with Gasteiger partial charge in [-0.25, -0.2) is 0 Å². The zero-order valence-corrected chi connectivity index (χ0v) is 15.7. The number of rotatable bonds is 4. The molecule has 1 heterocycles. The average molecular weight is 400 g/mol. The third-order valence-electron chi connectivity index (χ3n) is 3.79. The molecule has 6 heteroatoms. The summed E-state index contributed by atoms with van der Waals surface area (Å²) in [5.41, 5.74) is 9.24. The van der Waals surface area contributed by atoms with Crippen molar-refractivity contribution in [2.24, 2.45) is 5.73 Å². The number of benzene rings is 2. The van der Waals surface area contributed by atoms with Crippen molar-refractivity contribution in [1.29, 1.82) is 0 Å². The summed E-state index contributed by atoms with van der Waals surface area (Å²) in [7, 11) is 0. The van der Waals surface area contributed by atoms with Crippen LogP contribution in [0.5, 0.6) is 0 Å². The summed E-state index contributed by atoms with van der Waals surface area (Å²) in [6, 6.07) is 15.2. The van der Waals surface area contributed by atoms with Gasteiger partial charge in [0.25, 0.3) is 0 Å². The van der Waals surface area contributed by atoms with Gasteiger partial charge in [0.05, 0.1) is 0 Å². The van der Waals surface area contributed by atoms with Crippen molar-refractivity contribution in [3.05, 3.63) is 75.9 Å². The van der Waals surface area contributed by atoms with Gasteiger partial charge in [-0.2, -0.15) is 0 Å². The quantitative estimate of drug-likeness (QED) is 0.770. The van der Waals surface area contributed by atoms with Crippen molar-refractivity contribution in [3.8, 4) is 0 Å². The van der Waals surface area contributed by atoms with Gasteiger partial charge in [-0.1, -0.05) is 0 Å². The Labute approximate surface area is 153 Å². The van der Waals surface area contributed by atoms with Gasteiger partial charge in [-0.15, -0.1) is 0 Å². The summed E-state index contributed by atoms with van der Waals surface area (Å²) in [6.45, 7) is 4.04. The SMILES string of the molecule is Cc1cc(C)cc(N2C=C(C(N)=O)[Se]C2NC(=O)c2ccccc2)c1. The first-order valence-corrected chi connectivity index (χ1v) is 9.69. The fraction of sp³-hybridized carbons (Fsp3) is 0.158. The number of hydrogen-bond donors (Lipinski definition) is 2. The van der Waals surface area contributed by atoms with Crippen molar-refractivity contribution in [3.63, 3.8) is 0 Å². The second-order valence-corrected chi connectivity index (χ2v) is 8.27. The molecule has 0 spiro atoms. The van der Waals surface area contributed by atoms with Gasteiger partial charge in [-0.05, 0) is 0 Å². The van der Waals surface area contributed by atoms with Crippen LogP contribution >= 0.6 is 0 Å². The van der Waals surface area contributed by atoms with Crippen molar-refractivity contribution in [2.75, 3.05) is 4.90 Å². The van der Waals surface area contributed by atoms with Crippen LogP contribution in [-0.2, 0) is 4.79 Å². The molecule has 5 nitrogen and oxygen atoms in total. The molecule has 2 aromatic carbocycles. The van der Waals surface area contributed by atoms with E-state index in [1.807, 2.05) is 49.1 Å². The first-order chi connectivity index (χ1) is 11.9. The van der Waals surface area contributed by atoms with E-state index in [0.29, 0.717) is 10.0 Å². The van der Waals surface area contributed by atoms with E-state index in [4.69, 9.17) is 5.73 Å². The molecule has 1 atom stereocenters. The zero-order chi connectivity index (χ0) is 18.0. The Morgan fingerprint density at radius 3 is 2.32 bits per heavy atom. The number of nitrogens with one attached hydrogen (secondary N) is 1. The molecule has 128 valence electrons. The van der Waals surface area contributed by atoms with Gasteiger partial charge in [0, 0.05) is 0 Å². The Bertz CT molecular complexity index is 829. The molecule has 1 aliphatic rings. The molecule has 2 amide bonds. The number of primary amides is 1. The van der Waals surface area contributed by atoms with Crippen LogP contribution in [0.2, 0.25) is 0 Å². The Morgan fingerprint density at radius 2 is 1.72 bits per heavy atom. The predicted molar refractivity (Wildman–Crippen MR) is 99.1 cm³/mol. The maximum atomic E-state index is 12.5. The number of nitrogens with two attached hydrogens (primary N) is 1. The van der Waals surface area contributed by atoms with E-state index in [1.165, 1.54) is 0 Å². The zero-order valence-electron chi connectivity index (χ0n) is 14.0. The molecule has 0 aromatic heterocycles. The van der Waals surface area contributed by atoms with Gasteiger partial charge < -0.3 is 0 Å². The Morgan fingerprint density at radius 1 is 1.08 bits per heavy atom. The molecule has 3 N–H and O–H groups in total. The number of nitrogens with zero attached hydrogens (tertiary/aromatic N) is 1.